The fraction of sp³-hybridized carbons (Fsp3) is 0.652. The third-order valence-corrected chi connectivity index (χ3v) is 6.96. The molecule has 4 rings (SSSR count). The first-order chi connectivity index (χ1) is 14.1. The predicted molar refractivity (Wildman–Crippen MR) is 119 cm³/mol. The van der Waals surface area contributed by atoms with E-state index in [0.29, 0.717) is 31.6 Å². The summed E-state index contributed by atoms with van der Waals surface area (Å²) in [5, 5.41) is 6.63. The van der Waals surface area contributed by atoms with Crippen molar-refractivity contribution in [2.75, 3.05) is 20.2 Å². The highest BCUT2D eigenvalue weighted by atomic mass is 35.5. The second kappa shape index (κ2) is 10.5. The molecule has 3 fully saturated rings. The molecule has 1 aromatic carbocycles. The number of benzene rings is 1. The number of fused-ring (bicyclic) bond motifs is 1. The Morgan fingerprint density at radius 3 is 2.47 bits per heavy atom. The van der Waals surface area contributed by atoms with Crippen molar-refractivity contribution in [1.29, 1.82) is 0 Å². The highest BCUT2D eigenvalue weighted by molar-refractivity contribution is 5.85. The van der Waals surface area contributed by atoms with Gasteiger partial charge >= 0.3 is 0 Å². The van der Waals surface area contributed by atoms with E-state index in [0.717, 1.165) is 30.6 Å². The van der Waals surface area contributed by atoms with Crippen LogP contribution in [0.4, 0.5) is 0 Å². The third kappa shape index (κ3) is 5.27. The summed E-state index contributed by atoms with van der Waals surface area (Å²) in [7, 11) is 1.64. The molecule has 6 nitrogen and oxygen atoms in total. The van der Waals surface area contributed by atoms with Crippen LogP contribution in [-0.4, -0.2) is 49.0 Å². The van der Waals surface area contributed by atoms with E-state index in [9.17, 15) is 9.59 Å². The Balaban J connectivity index is 0.00000256. The summed E-state index contributed by atoms with van der Waals surface area (Å²) in [5.41, 5.74) is 1.06. The first kappa shape index (κ1) is 22.9. The molecule has 7 heteroatoms. The van der Waals surface area contributed by atoms with E-state index in [1.54, 1.807) is 7.11 Å². The normalized spacial score (nSPS) is 26.4. The zero-order valence-electron chi connectivity index (χ0n) is 17.8. The molecule has 2 heterocycles. The summed E-state index contributed by atoms with van der Waals surface area (Å²) in [6, 6.07) is 8.26. The Morgan fingerprint density at radius 1 is 1.10 bits per heavy atom. The first-order valence-electron chi connectivity index (χ1n) is 11.1. The maximum absolute atomic E-state index is 12.9. The molecule has 3 unspecified atom stereocenters. The minimum absolute atomic E-state index is 0. The van der Waals surface area contributed by atoms with Gasteiger partial charge < -0.3 is 20.3 Å². The van der Waals surface area contributed by atoms with E-state index >= 15 is 0 Å². The van der Waals surface area contributed by atoms with Crippen molar-refractivity contribution in [3.8, 4) is 5.75 Å². The van der Waals surface area contributed by atoms with Crippen molar-refractivity contribution in [3.63, 3.8) is 0 Å². The second-order valence-electron chi connectivity index (χ2n) is 8.77. The average Bonchev–Trinajstić information content (AvgIpc) is 3.22. The minimum Gasteiger partial charge on any atom is -0.497 e. The van der Waals surface area contributed by atoms with E-state index in [1.165, 1.54) is 25.7 Å². The molecule has 2 saturated heterocycles. The van der Waals surface area contributed by atoms with Gasteiger partial charge in [-0.2, -0.15) is 0 Å². The molecular weight excluding hydrogens is 402 g/mol. The first-order valence-corrected chi connectivity index (χ1v) is 11.1. The number of methoxy groups -OCH3 is 1. The van der Waals surface area contributed by atoms with Crippen LogP contribution in [0.3, 0.4) is 0 Å². The summed E-state index contributed by atoms with van der Waals surface area (Å²) in [6.07, 6.45) is 7.56. The molecule has 0 aromatic heterocycles. The number of likely N-dealkylation sites (tertiary alicyclic amines) is 1. The number of nitrogens with zero attached hydrogens (tertiary/aromatic N) is 1. The highest BCUT2D eigenvalue weighted by Gasteiger charge is 2.40. The number of carbonyl (C=O) groups is 2. The number of hydrogen-bond acceptors (Lipinski definition) is 4. The van der Waals surface area contributed by atoms with E-state index in [2.05, 4.69) is 10.6 Å². The zero-order chi connectivity index (χ0) is 20.2. The summed E-state index contributed by atoms with van der Waals surface area (Å²) in [5.74, 6) is 1.83. The lowest BCUT2D eigenvalue weighted by molar-refractivity contribution is -0.137. The fourth-order valence-corrected chi connectivity index (χ4v) is 5.17. The summed E-state index contributed by atoms with van der Waals surface area (Å²) < 4.78 is 5.16. The molecule has 1 aromatic rings. The topological polar surface area (TPSA) is 70.7 Å². The minimum atomic E-state index is -0.0106. The van der Waals surface area contributed by atoms with Crippen molar-refractivity contribution in [1.82, 2.24) is 15.5 Å². The molecule has 0 radical (unpaired) electrons. The lowest BCUT2D eigenvalue weighted by atomic mass is 9.85. The van der Waals surface area contributed by atoms with Crippen molar-refractivity contribution < 1.29 is 14.3 Å². The highest BCUT2D eigenvalue weighted by Crippen LogP contribution is 2.34. The Bertz CT molecular complexity index is 705. The van der Waals surface area contributed by atoms with Gasteiger partial charge in [-0.05, 0) is 55.7 Å². The number of carbonyl (C=O) groups excluding carboxylic acids is 2. The van der Waals surface area contributed by atoms with Crippen molar-refractivity contribution >= 4 is 24.2 Å². The fourth-order valence-electron chi connectivity index (χ4n) is 5.17. The number of nitrogens with one attached hydrogen (secondary N) is 2. The van der Waals surface area contributed by atoms with Gasteiger partial charge in [0, 0.05) is 31.6 Å². The van der Waals surface area contributed by atoms with Gasteiger partial charge in [-0.3, -0.25) is 9.59 Å². The van der Waals surface area contributed by atoms with Gasteiger partial charge in [0.1, 0.15) is 5.75 Å². The van der Waals surface area contributed by atoms with Crippen LogP contribution in [0.2, 0.25) is 0 Å². The Hall–Kier alpha value is -1.79. The summed E-state index contributed by atoms with van der Waals surface area (Å²) >= 11 is 0. The third-order valence-electron chi connectivity index (χ3n) is 6.96. The summed E-state index contributed by atoms with van der Waals surface area (Å²) in [6.45, 7) is 1.90. The number of piperidine rings is 1. The molecule has 0 spiro atoms. The van der Waals surface area contributed by atoms with Gasteiger partial charge in [0.15, 0.2) is 0 Å². The maximum Gasteiger partial charge on any atom is 0.239 e. The van der Waals surface area contributed by atoms with Crippen LogP contribution >= 0.6 is 12.4 Å². The van der Waals surface area contributed by atoms with Gasteiger partial charge in [-0.15, -0.1) is 12.4 Å². The molecule has 1 aliphatic carbocycles. The summed E-state index contributed by atoms with van der Waals surface area (Å²) in [4.78, 5) is 27.5. The number of amides is 2. The van der Waals surface area contributed by atoms with Gasteiger partial charge in [0.25, 0.3) is 0 Å². The van der Waals surface area contributed by atoms with Gasteiger partial charge in [0.2, 0.25) is 11.8 Å². The molecule has 166 valence electrons. The number of halogens is 1. The van der Waals surface area contributed by atoms with Crippen LogP contribution in [0.5, 0.6) is 5.75 Å². The largest absolute Gasteiger partial charge is 0.497 e. The number of rotatable bonds is 5. The SMILES string of the molecule is COc1ccc(CNC(=O)C2CCN(C(=O)C3CC4CCCCC4N3)CC2)cc1.Cl. The zero-order valence-corrected chi connectivity index (χ0v) is 18.6. The average molecular weight is 436 g/mol. The van der Waals surface area contributed by atoms with Crippen molar-refractivity contribution in [3.05, 3.63) is 29.8 Å². The van der Waals surface area contributed by atoms with Crippen LogP contribution in [0.25, 0.3) is 0 Å². The van der Waals surface area contributed by atoms with Crippen molar-refractivity contribution in [2.45, 2.75) is 63.6 Å². The van der Waals surface area contributed by atoms with Gasteiger partial charge in [0.05, 0.1) is 13.2 Å². The Kier molecular flexibility index (Phi) is 8.00. The number of ether oxygens (including phenoxy) is 1. The molecule has 2 N–H and O–H groups in total. The molecule has 30 heavy (non-hydrogen) atoms. The second-order valence-corrected chi connectivity index (χ2v) is 8.77. The smallest absolute Gasteiger partial charge is 0.239 e. The van der Waals surface area contributed by atoms with E-state index in [-0.39, 0.29) is 36.2 Å². The molecule has 1 saturated carbocycles. The molecule has 0 bridgehead atoms. The van der Waals surface area contributed by atoms with E-state index < -0.39 is 0 Å². The van der Waals surface area contributed by atoms with Crippen LogP contribution in [0.1, 0.15) is 50.5 Å². The predicted octanol–water partition coefficient (Wildman–Crippen LogP) is 2.89. The van der Waals surface area contributed by atoms with Gasteiger partial charge in [-0.25, -0.2) is 0 Å². The molecule has 2 amide bonds. The molecular formula is C23H34ClN3O3. The Labute approximate surface area is 185 Å². The molecule has 2 aliphatic heterocycles. The van der Waals surface area contributed by atoms with E-state index in [1.807, 2.05) is 29.2 Å². The van der Waals surface area contributed by atoms with Crippen LogP contribution in [-0.2, 0) is 16.1 Å². The van der Waals surface area contributed by atoms with Crippen LogP contribution in [0.15, 0.2) is 24.3 Å². The van der Waals surface area contributed by atoms with Crippen LogP contribution < -0.4 is 15.4 Å². The van der Waals surface area contributed by atoms with Crippen LogP contribution in [0, 0.1) is 11.8 Å². The van der Waals surface area contributed by atoms with Gasteiger partial charge in [-0.1, -0.05) is 25.0 Å². The van der Waals surface area contributed by atoms with Crippen molar-refractivity contribution in [2.24, 2.45) is 11.8 Å². The number of hydrogen-bond donors (Lipinski definition) is 2. The Morgan fingerprint density at radius 2 is 1.80 bits per heavy atom. The maximum atomic E-state index is 12.9. The monoisotopic (exact) mass is 435 g/mol. The quantitative estimate of drug-likeness (QED) is 0.746. The molecule has 3 atom stereocenters. The lowest BCUT2D eigenvalue weighted by Gasteiger charge is -2.33. The molecule has 3 aliphatic rings. The standard InChI is InChI=1S/C23H33N3O3.ClH/c1-29-19-8-6-16(7-9-19)15-24-22(27)17-10-12-26(13-11-17)23(28)21-14-18-4-2-3-5-20(18)25-21;/h6-9,17-18,20-21,25H,2-5,10-15H2,1H3,(H,24,27);1H. The lowest BCUT2D eigenvalue weighted by Crippen LogP contribution is -2.49. The van der Waals surface area contributed by atoms with E-state index in [4.69, 9.17) is 4.74 Å².